The van der Waals surface area contributed by atoms with Gasteiger partial charge in [-0.3, -0.25) is 29.2 Å². The lowest BCUT2D eigenvalue weighted by atomic mass is 10.0. The van der Waals surface area contributed by atoms with Crippen LogP contribution in [0.1, 0.15) is 90.0 Å². The molecule has 3 heterocycles. The van der Waals surface area contributed by atoms with Gasteiger partial charge in [0, 0.05) is 30.2 Å². The van der Waals surface area contributed by atoms with Crippen LogP contribution >= 0.6 is 0 Å². The van der Waals surface area contributed by atoms with Gasteiger partial charge in [-0.25, -0.2) is 5.43 Å². The largest absolute Gasteiger partial charge is 0.457 e. The molecule has 0 saturated carbocycles. The molecule has 4 rings (SSSR count). The zero-order chi connectivity index (χ0) is 29.5. The van der Waals surface area contributed by atoms with Gasteiger partial charge in [-0.1, -0.05) is 38.8 Å². The van der Waals surface area contributed by atoms with Gasteiger partial charge < -0.3 is 15.4 Å². The summed E-state index contributed by atoms with van der Waals surface area (Å²) >= 11 is 0. The molecule has 3 N–H and O–H groups in total. The van der Waals surface area contributed by atoms with E-state index in [9.17, 15) is 19.2 Å². The Balaban J connectivity index is 1.53. The molecular weight excluding hydrogens is 522 g/mol. The number of pyridine rings is 1. The summed E-state index contributed by atoms with van der Waals surface area (Å²) in [5.74, 6) is -1.52. The van der Waals surface area contributed by atoms with Crippen LogP contribution in [-0.4, -0.2) is 58.4 Å². The minimum atomic E-state index is -0.843. The number of nitrogens with zero attached hydrogens (tertiary/aromatic N) is 2. The molecule has 1 aromatic carbocycles. The van der Waals surface area contributed by atoms with E-state index < -0.39 is 36.1 Å². The highest BCUT2D eigenvalue weighted by Gasteiger charge is 2.33. The van der Waals surface area contributed by atoms with E-state index >= 15 is 0 Å². The SMILES string of the molecule is CC1NC(=O)C(C(C)C)NC(=O)CCCCCCc2cc3cc(ccc3cn2)C(C)OC(=O)C2CCCN(N2)C1=O. The maximum atomic E-state index is 13.2. The Kier molecular flexibility index (Phi) is 10.3. The first-order valence-corrected chi connectivity index (χ1v) is 14.9. The maximum absolute atomic E-state index is 13.2. The van der Waals surface area contributed by atoms with E-state index in [0.29, 0.717) is 25.8 Å². The first-order valence-electron chi connectivity index (χ1n) is 14.9. The van der Waals surface area contributed by atoms with Crippen LogP contribution in [0.4, 0.5) is 0 Å². The van der Waals surface area contributed by atoms with Crippen molar-refractivity contribution < 1.29 is 23.9 Å². The Hall–Kier alpha value is -3.53. The fraction of sp³-hybridized carbons (Fsp3) is 0.581. The van der Waals surface area contributed by atoms with Crippen LogP contribution in [0.25, 0.3) is 10.8 Å². The number of hydrogen-bond acceptors (Lipinski definition) is 7. The zero-order valence-electron chi connectivity index (χ0n) is 24.6. The standard InChI is InChI=1S/C31H43N5O5/c1-19(2)28-29(38)33-20(3)30(39)36-15-9-11-26(35-36)31(40)41-21(4)22-13-14-23-18-32-25(17-24(23)16-22)10-7-5-6-8-12-27(37)34-28/h13-14,16-21,26,28,35H,5-12,15H2,1-4H3,(H,33,38)(H,34,37). The van der Waals surface area contributed by atoms with Gasteiger partial charge in [0.25, 0.3) is 5.91 Å². The fourth-order valence-electron chi connectivity index (χ4n) is 5.36. The van der Waals surface area contributed by atoms with Gasteiger partial charge in [0.15, 0.2) is 0 Å². The zero-order valence-corrected chi connectivity index (χ0v) is 24.6. The molecule has 1 aromatic heterocycles. The van der Waals surface area contributed by atoms with Gasteiger partial charge in [-0.05, 0) is 75.0 Å². The fourth-order valence-corrected chi connectivity index (χ4v) is 5.36. The molecule has 4 unspecified atom stereocenters. The van der Waals surface area contributed by atoms with E-state index in [1.165, 1.54) is 5.01 Å². The van der Waals surface area contributed by atoms with Crippen molar-refractivity contribution in [2.24, 2.45) is 5.92 Å². The van der Waals surface area contributed by atoms with Crippen molar-refractivity contribution in [2.45, 2.75) is 103 Å². The smallest absolute Gasteiger partial charge is 0.325 e. The van der Waals surface area contributed by atoms with Crippen LogP contribution in [0.15, 0.2) is 30.5 Å². The molecule has 41 heavy (non-hydrogen) atoms. The van der Waals surface area contributed by atoms with Crippen molar-refractivity contribution in [3.05, 3.63) is 41.7 Å². The first kappa shape index (κ1) is 30.4. The number of fused-ring (bicyclic) bond motifs is 4. The van der Waals surface area contributed by atoms with Crippen molar-refractivity contribution in [1.82, 2.24) is 26.1 Å². The summed E-state index contributed by atoms with van der Waals surface area (Å²) in [5, 5.41) is 9.06. The summed E-state index contributed by atoms with van der Waals surface area (Å²) in [4.78, 5) is 56.6. The van der Waals surface area contributed by atoms with Crippen molar-refractivity contribution in [2.75, 3.05) is 6.54 Å². The molecule has 10 heteroatoms. The molecule has 1 saturated heterocycles. The lowest BCUT2D eigenvalue weighted by Gasteiger charge is -2.35. The van der Waals surface area contributed by atoms with Crippen molar-refractivity contribution in [3.8, 4) is 0 Å². The molecule has 0 radical (unpaired) electrons. The van der Waals surface area contributed by atoms with E-state index in [2.05, 4.69) is 27.1 Å². The van der Waals surface area contributed by atoms with Crippen LogP contribution in [0.5, 0.6) is 0 Å². The van der Waals surface area contributed by atoms with Gasteiger partial charge in [-0.15, -0.1) is 0 Å². The molecule has 0 aliphatic carbocycles. The van der Waals surface area contributed by atoms with Crippen molar-refractivity contribution in [1.29, 1.82) is 0 Å². The average Bonchev–Trinajstić information content (AvgIpc) is 2.96. The van der Waals surface area contributed by atoms with Gasteiger partial charge in [0.2, 0.25) is 11.8 Å². The molecule has 3 amide bonds. The Morgan fingerprint density at radius 2 is 1.68 bits per heavy atom. The summed E-state index contributed by atoms with van der Waals surface area (Å²) in [6.45, 7) is 7.57. The third-order valence-corrected chi connectivity index (χ3v) is 7.88. The predicted octanol–water partition coefficient (Wildman–Crippen LogP) is 3.49. The highest BCUT2D eigenvalue weighted by molar-refractivity contribution is 5.92. The number of benzene rings is 1. The minimum absolute atomic E-state index is 0.154. The Morgan fingerprint density at radius 1 is 0.927 bits per heavy atom. The third kappa shape index (κ3) is 8.03. The van der Waals surface area contributed by atoms with Crippen LogP contribution < -0.4 is 16.1 Å². The quantitative estimate of drug-likeness (QED) is 0.452. The van der Waals surface area contributed by atoms with Gasteiger partial charge in [-0.2, -0.15) is 0 Å². The first-order chi connectivity index (χ1) is 19.6. The number of carbonyl (C=O) groups is 4. The number of carbonyl (C=O) groups excluding carboxylic acids is 4. The summed E-state index contributed by atoms with van der Waals surface area (Å²) in [6.07, 6.45) is 7.31. The molecule has 1 fully saturated rings. The number of cyclic esters (lactones) is 1. The second-order valence-corrected chi connectivity index (χ2v) is 11.6. The highest BCUT2D eigenvalue weighted by Crippen LogP contribution is 2.24. The normalized spacial score (nSPS) is 26.0. The molecule has 222 valence electrons. The summed E-state index contributed by atoms with van der Waals surface area (Å²) < 4.78 is 5.82. The molecule has 4 atom stereocenters. The van der Waals surface area contributed by atoms with E-state index in [1.54, 1.807) is 6.92 Å². The number of aromatic nitrogens is 1. The molecule has 2 aliphatic heterocycles. The van der Waals surface area contributed by atoms with E-state index in [-0.39, 0.29) is 17.7 Å². The maximum Gasteiger partial charge on any atom is 0.325 e. The van der Waals surface area contributed by atoms with Crippen molar-refractivity contribution in [3.63, 3.8) is 0 Å². The highest BCUT2D eigenvalue weighted by atomic mass is 16.5. The molecule has 5 bridgehead atoms. The second kappa shape index (κ2) is 13.9. The molecule has 0 spiro atoms. The number of aryl methyl sites for hydroxylation is 1. The van der Waals surface area contributed by atoms with Gasteiger partial charge in [0.05, 0.1) is 0 Å². The molecule has 2 aliphatic rings. The van der Waals surface area contributed by atoms with Gasteiger partial charge in [0.1, 0.15) is 24.2 Å². The molecule has 10 nitrogen and oxygen atoms in total. The minimum Gasteiger partial charge on any atom is -0.457 e. The predicted molar refractivity (Wildman–Crippen MR) is 155 cm³/mol. The molecular formula is C31H43N5O5. The number of hydrogen-bond donors (Lipinski definition) is 3. The number of rotatable bonds is 1. The van der Waals surface area contributed by atoms with Crippen LogP contribution in [0.3, 0.4) is 0 Å². The Labute approximate surface area is 241 Å². The van der Waals surface area contributed by atoms with E-state index in [4.69, 9.17) is 4.74 Å². The Morgan fingerprint density at radius 3 is 2.44 bits per heavy atom. The summed E-state index contributed by atoms with van der Waals surface area (Å²) in [5.41, 5.74) is 4.89. The number of ether oxygens (including phenoxy) is 1. The molecule has 2 aromatic rings. The topological polar surface area (TPSA) is 130 Å². The Bertz CT molecular complexity index is 1260. The summed E-state index contributed by atoms with van der Waals surface area (Å²) in [6, 6.07) is 5.78. The average molecular weight is 566 g/mol. The van der Waals surface area contributed by atoms with E-state index in [0.717, 1.165) is 54.1 Å². The summed E-state index contributed by atoms with van der Waals surface area (Å²) in [7, 11) is 0. The second-order valence-electron chi connectivity index (χ2n) is 11.6. The number of amides is 3. The lowest BCUT2D eigenvalue weighted by Crippen LogP contribution is -2.61. The van der Waals surface area contributed by atoms with Crippen LogP contribution in [0.2, 0.25) is 0 Å². The van der Waals surface area contributed by atoms with Crippen molar-refractivity contribution >= 4 is 34.5 Å². The van der Waals surface area contributed by atoms with Crippen LogP contribution in [-0.2, 0) is 30.3 Å². The van der Waals surface area contributed by atoms with E-state index in [1.807, 2.05) is 45.2 Å². The number of nitrogens with one attached hydrogen (secondary N) is 3. The number of hydrazine groups is 1. The van der Waals surface area contributed by atoms with Crippen LogP contribution in [0, 0.1) is 5.92 Å². The van der Waals surface area contributed by atoms with Gasteiger partial charge >= 0.3 is 5.97 Å². The monoisotopic (exact) mass is 565 g/mol. The lowest BCUT2D eigenvalue weighted by molar-refractivity contribution is -0.157. The number of esters is 1. The third-order valence-electron chi connectivity index (χ3n) is 7.88.